The average Bonchev–Trinajstić information content (AvgIpc) is 2.17. The summed E-state index contributed by atoms with van der Waals surface area (Å²) in [5.41, 5.74) is 6.55. The van der Waals surface area contributed by atoms with Crippen LogP contribution in [0.4, 0.5) is 4.39 Å². The predicted octanol–water partition coefficient (Wildman–Crippen LogP) is 1.52. The first kappa shape index (κ1) is 11.9. The first-order valence-corrected chi connectivity index (χ1v) is 4.82. The molecule has 1 rings (SSSR count). The maximum absolute atomic E-state index is 13.4. The van der Waals surface area contributed by atoms with Crippen LogP contribution in [0.2, 0.25) is 0 Å². The number of aryl methyl sites for hydroxylation is 1. The molecule has 0 aromatic heterocycles. The van der Waals surface area contributed by atoms with Crippen LogP contribution in [0.3, 0.4) is 0 Å². The monoisotopic (exact) mass is 213 g/mol. The van der Waals surface area contributed by atoms with E-state index in [0.717, 1.165) is 5.56 Å². The quantitative estimate of drug-likeness (QED) is 0.797. The van der Waals surface area contributed by atoms with Crippen LogP contribution in [-0.2, 0) is 0 Å². The van der Waals surface area contributed by atoms with Gasteiger partial charge in [0.25, 0.3) is 0 Å². The largest absolute Gasteiger partial charge is 0.493 e. The lowest BCUT2D eigenvalue weighted by Gasteiger charge is -2.15. The molecule has 0 aliphatic carbocycles. The van der Waals surface area contributed by atoms with Gasteiger partial charge in [-0.25, -0.2) is 4.39 Å². The number of halogens is 1. The Labute approximate surface area is 88.7 Å². The molecule has 0 heterocycles. The van der Waals surface area contributed by atoms with E-state index in [1.807, 2.05) is 0 Å². The Morgan fingerprint density at radius 3 is 2.73 bits per heavy atom. The number of nitrogens with two attached hydrogens (primary N) is 1. The molecule has 1 aromatic carbocycles. The molecule has 0 saturated heterocycles. The summed E-state index contributed by atoms with van der Waals surface area (Å²) in [6.07, 6.45) is -0.390. The van der Waals surface area contributed by atoms with Gasteiger partial charge in [-0.3, -0.25) is 0 Å². The third-order valence-electron chi connectivity index (χ3n) is 2.22. The van der Waals surface area contributed by atoms with E-state index in [1.54, 1.807) is 13.0 Å². The highest BCUT2D eigenvalue weighted by Crippen LogP contribution is 2.30. The highest BCUT2D eigenvalue weighted by Gasteiger charge is 2.16. The van der Waals surface area contributed by atoms with Crippen molar-refractivity contribution in [2.24, 2.45) is 5.73 Å². The molecule has 1 atom stereocenters. The first-order valence-electron chi connectivity index (χ1n) is 4.82. The third-order valence-corrected chi connectivity index (χ3v) is 2.22. The SMILES string of the molecule is COc1c(F)cc(C)cc1C(O)CCN. The van der Waals surface area contributed by atoms with Gasteiger partial charge in [0, 0.05) is 5.56 Å². The van der Waals surface area contributed by atoms with Crippen molar-refractivity contribution >= 4 is 0 Å². The standard InChI is InChI=1S/C11H16FNO2/c1-7-5-8(10(14)3-4-13)11(15-2)9(12)6-7/h5-6,10,14H,3-4,13H2,1-2H3. The number of aliphatic hydroxyl groups is 1. The number of methoxy groups -OCH3 is 1. The molecule has 15 heavy (non-hydrogen) atoms. The van der Waals surface area contributed by atoms with Gasteiger partial charge in [-0.05, 0) is 37.6 Å². The molecule has 84 valence electrons. The molecule has 3 nitrogen and oxygen atoms in total. The molecule has 0 bridgehead atoms. The van der Waals surface area contributed by atoms with Gasteiger partial charge in [-0.2, -0.15) is 0 Å². The van der Waals surface area contributed by atoms with Gasteiger partial charge in [0.1, 0.15) is 0 Å². The molecular weight excluding hydrogens is 197 g/mol. The molecule has 0 aliphatic heterocycles. The summed E-state index contributed by atoms with van der Waals surface area (Å²) >= 11 is 0. The number of benzene rings is 1. The molecule has 0 spiro atoms. The Kier molecular flexibility index (Phi) is 4.05. The van der Waals surface area contributed by atoms with Crippen molar-refractivity contribution < 1.29 is 14.2 Å². The third kappa shape index (κ3) is 2.67. The molecule has 1 aromatic rings. The van der Waals surface area contributed by atoms with E-state index in [9.17, 15) is 9.50 Å². The maximum atomic E-state index is 13.4. The second-order valence-electron chi connectivity index (χ2n) is 3.46. The normalized spacial score (nSPS) is 12.6. The van der Waals surface area contributed by atoms with Crippen LogP contribution in [-0.4, -0.2) is 18.8 Å². The molecular formula is C11H16FNO2. The van der Waals surface area contributed by atoms with Crippen molar-refractivity contribution in [2.75, 3.05) is 13.7 Å². The van der Waals surface area contributed by atoms with Crippen LogP contribution in [0.15, 0.2) is 12.1 Å². The average molecular weight is 213 g/mol. The van der Waals surface area contributed by atoms with Crippen molar-refractivity contribution in [3.8, 4) is 5.75 Å². The van der Waals surface area contributed by atoms with Crippen LogP contribution in [0, 0.1) is 12.7 Å². The van der Waals surface area contributed by atoms with Gasteiger partial charge in [0.05, 0.1) is 13.2 Å². The zero-order valence-electron chi connectivity index (χ0n) is 8.96. The van der Waals surface area contributed by atoms with Crippen LogP contribution in [0.5, 0.6) is 5.75 Å². The fraction of sp³-hybridized carbons (Fsp3) is 0.455. The van der Waals surface area contributed by atoms with Gasteiger partial charge >= 0.3 is 0 Å². The molecule has 0 aliphatic rings. The summed E-state index contributed by atoms with van der Waals surface area (Å²) in [6, 6.07) is 3.08. The Morgan fingerprint density at radius 2 is 2.20 bits per heavy atom. The number of aliphatic hydroxyl groups excluding tert-OH is 1. The number of rotatable bonds is 4. The summed E-state index contributed by atoms with van der Waals surface area (Å²) in [6.45, 7) is 2.11. The molecule has 0 radical (unpaired) electrons. The zero-order chi connectivity index (χ0) is 11.4. The van der Waals surface area contributed by atoms with Gasteiger partial charge < -0.3 is 15.6 Å². The van der Waals surface area contributed by atoms with Crippen molar-refractivity contribution in [1.82, 2.24) is 0 Å². The molecule has 0 fully saturated rings. The molecule has 3 N–H and O–H groups in total. The predicted molar refractivity (Wildman–Crippen MR) is 56.3 cm³/mol. The van der Waals surface area contributed by atoms with Crippen LogP contribution in [0.1, 0.15) is 23.7 Å². The minimum atomic E-state index is -0.778. The Hall–Kier alpha value is -1.13. The summed E-state index contributed by atoms with van der Waals surface area (Å²) in [5, 5.41) is 9.75. The van der Waals surface area contributed by atoms with E-state index in [1.165, 1.54) is 13.2 Å². The lowest BCUT2D eigenvalue weighted by molar-refractivity contribution is 0.165. The van der Waals surface area contributed by atoms with E-state index < -0.39 is 11.9 Å². The van der Waals surface area contributed by atoms with E-state index in [-0.39, 0.29) is 5.75 Å². The Balaban J connectivity index is 3.13. The fourth-order valence-electron chi connectivity index (χ4n) is 1.53. The summed E-state index contributed by atoms with van der Waals surface area (Å²) < 4.78 is 18.4. The fourth-order valence-corrected chi connectivity index (χ4v) is 1.53. The summed E-state index contributed by atoms with van der Waals surface area (Å²) in [5.74, 6) is -0.356. The Bertz CT molecular complexity index is 342. The number of hydrogen-bond acceptors (Lipinski definition) is 3. The van der Waals surface area contributed by atoms with Crippen molar-refractivity contribution in [1.29, 1.82) is 0 Å². The Morgan fingerprint density at radius 1 is 1.53 bits per heavy atom. The number of hydrogen-bond donors (Lipinski definition) is 2. The molecule has 0 saturated carbocycles. The second-order valence-corrected chi connectivity index (χ2v) is 3.46. The van der Waals surface area contributed by atoms with Gasteiger partial charge in [-0.15, -0.1) is 0 Å². The molecule has 0 amide bonds. The molecule has 1 unspecified atom stereocenters. The van der Waals surface area contributed by atoms with Gasteiger partial charge in [0.15, 0.2) is 11.6 Å². The minimum Gasteiger partial charge on any atom is -0.493 e. The van der Waals surface area contributed by atoms with E-state index >= 15 is 0 Å². The van der Waals surface area contributed by atoms with Crippen LogP contribution < -0.4 is 10.5 Å². The summed E-state index contributed by atoms with van der Waals surface area (Å²) in [7, 11) is 1.38. The smallest absolute Gasteiger partial charge is 0.165 e. The maximum Gasteiger partial charge on any atom is 0.165 e. The van der Waals surface area contributed by atoms with Crippen molar-refractivity contribution in [3.63, 3.8) is 0 Å². The van der Waals surface area contributed by atoms with Crippen LogP contribution >= 0.6 is 0 Å². The van der Waals surface area contributed by atoms with Gasteiger partial charge in [-0.1, -0.05) is 0 Å². The van der Waals surface area contributed by atoms with E-state index in [2.05, 4.69) is 0 Å². The van der Waals surface area contributed by atoms with Crippen molar-refractivity contribution in [3.05, 3.63) is 29.1 Å². The molecule has 4 heteroatoms. The zero-order valence-corrected chi connectivity index (χ0v) is 8.96. The van der Waals surface area contributed by atoms with E-state index in [0.29, 0.717) is 18.5 Å². The second kappa shape index (κ2) is 5.09. The first-order chi connectivity index (χ1) is 7.10. The number of ether oxygens (including phenoxy) is 1. The minimum absolute atomic E-state index is 0.0987. The highest BCUT2D eigenvalue weighted by atomic mass is 19.1. The topological polar surface area (TPSA) is 55.5 Å². The van der Waals surface area contributed by atoms with Crippen molar-refractivity contribution in [2.45, 2.75) is 19.4 Å². The summed E-state index contributed by atoms with van der Waals surface area (Å²) in [4.78, 5) is 0. The highest BCUT2D eigenvalue weighted by molar-refractivity contribution is 5.39. The lowest BCUT2D eigenvalue weighted by atomic mass is 10.0. The van der Waals surface area contributed by atoms with Gasteiger partial charge in [0.2, 0.25) is 0 Å². The lowest BCUT2D eigenvalue weighted by Crippen LogP contribution is -2.09. The van der Waals surface area contributed by atoms with Crippen LogP contribution in [0.25, 0.3) is 0 Å². The van der Waals surface area contributed by atoms with E-state index in [4.69, 9.17) is 10.5 Å².